The number of rotatable bonds is 6. The van der Waals surface area contributed by atoms with E-state index in [1.165, 1.54) is 18.2 Å². The van der Waals surface area contributed by atoms with Crippen molar-refractivity contribution in [2.24, 2.45) is 5.73 Å². The van der Waals surface area contributed by atoms with Gasteiger partial charge in [0, 0.05) is 12.1 Å². The lowest BCUT2D eigenvalue weighted by molar-refractivity contribution is -0.274. The largest absolute Gasteiger partial charge is 0.573 e. The fraction of sp³-hybridized carbons (Fsp3) is 0.462. The number of hydrogen-bond donors (Lipinski definition) is 2. The first-order chi connectivity index (χ1) is 9.33. The molecule has 0 bridgehead atoms. The Morgan fingerprint density at radius 3 is 2.65 bits per heavy atom. The number of para-hydroxylation sites is 1. The molecule has 0 aromatic heterocycles. The molecule has 0 fully saturated rings. The second kappa shape index (κ2) is 7.14. The van der Waals surface area contributed by atoms with Crippen LogP contribution in [0.3, 0.4) is 0 Å². The number of carbonyl (C=O) groups is 1. The number of amides is 1. The van der Waals surface area contributed by atoms with Crippen molar-refractivity contribution >= 4 is 5.91 Å². The Labute approximate surface area is 115 Å². The van der Waals surface area contributed by atoms with E-state index in [-0.39, 0.29) is 17.9 Å². The van der Waals surface area contributed by atoms with Crippen LogP contribution < -0.4 is 15.8 Å². The Hall–Kier alpha value is -1.76. The van der Waals surface area contributed by atoms with E-state index in [0.717, 1.165) is 6.42 Å². The Morgan fingerprint density at radius 1 is 1.40 bits per heavy atom. The molecule has 1 rings (SSSR count). The standard InChI is InChI=1S/C13H17F3N2O2/c1-2-5-10(17)12(19)18-8-9-6-3-4-7-11(9)20-13(14,15)16/h3-4,6-7,10H,2,5,8,17H2,1H3,(H,18,19). The first kappa shape index (κ1) is 16.3. The molecule has 0 radical (unpaired) electrons. The quantitative estimate of drug-likeness (QED) is 0.845. The lowest BCUT2D eigenvalue weighted by atomic mass is 10.1. The highest BCUT2D eigenvalue weighted by Gasteiger charge is 2.32. The molecule has 1 aromatic carbocycles. The van der Waals surface area contributed by atoms with E-state index in [0.29, 0.717) is 6.42 Å². The van der Waals surface area contributed by atoms with Gasteiger partial charge in [-0.2, -0.15) is 0 Å². The predicted octanol–water partition coefficient (Wildman–Crippen LogP) is 2.33. The van der Waals surface area contributed by atoms with Gasteiger partial charge in [0.15, 0.2) is 0 Å². The molecule has 7 heteroatoms. The van der Waals surface area contributed by atoms with Gasteiger partial charge < -0.3 is 15.8 Å². The minimum atomic E-state index is -4.77. The van der Waals surface area contributed by atoms with Crippen molar-refractivity contribution in [2.75, 3.05) is 0 Å². The zero-order valence-corrected chi connectivity index (χ0v) is 11.0. The number of hydrogen-bond acceptors (Lipinski definition) is 3. The number of ether oxygens (including phenoxy) is 1. The summed E-state index contributed by atoms with van der Waals surface area (Å²) in [5.41, 5.74) is 5.85. The summed E-state index contributed by atoms with van der Waals surface area (Å²) in [5.74, 6) is -0.724. The Bertz CT molecular complexity index is 449. The third-order valence-corrected chi connectivity index (χ3v) is 2.59. The topological polar surface area (TPSA) is 64.4 Å². The fourth-order valence-electron chi connectivity index (χ4n) is 1.63. The summed E-state index contributed by atoms with van der Waals surface area (Å²) in [5, 5.41) is 2.50. The van der Waals surface area contributed by atoms with Gasteiger partial charge in [-0.3, -0.25) is 4.79 Å². The van der Waals surface area contributed by atoms with Crippen LogP contribution in [-0.4, -0.2) is 18.3 Å². The van der Waals surface area contributed by atoms with E-state index < -0.39 is 18.3 Å². The maximum absolute atomic E-state index is 12.2. The van der Waals surface area contributed by atoms with E-state index in [2.05, 4.69) is 10.1 Å². The first-order valence-corrected chi connectivity index (χ1v) is 6.20. The third-order valence-electron chi connectivity index (χ3n) is 2.59. The van der Waals surface area contributed by atoms with Gasteiger partial charge in [-0.05, 0) is 12.5 Å². The van der Waals surface area contributed by atoms with Crippen LogP contribution in [0.15, 0.2) is 24.3 Å². The molecule has 0 saturated heterocycles. The van der Waals surface area contributed by atoms with E-state index >= 15 is 0 Å². The van der Waals surface area contributed by atoms with Crippen LogP contribution >= 0.6 is 0 Å². The summed E-state index contributed by atoms with van der Waals surface area (Å²) in [7, 11) is 0. The number of carbonyl (C=O) groups excluding carboxylic acids is 1. The highest BCUT2D eigenvalue weighted by Crippen LogP contribution is 2.26. The molecule has 0 aliphatic carbocycles. The van der Waals surface area contributed by atoms with Gasteiger partial charge in [0.25, 0.3) is 0 Å². The summed E-state index contributed by atoms with van der Waals surface area (Å²) in [6, 6.07) is 4.98. The van der Waals surface area contributed by atoms with E-state index in [9.17, 15) is 18.0 Å². The molecule has 20 heavy (non-hydrogen) atoms. The van der Waals surface area contributed by atoms with Gasteiger partial charge in [0.2, 0.25) is 5.91 Å². The molecule has 1 atom stereocenters. The van der Waals surface area contributed by atoms with Crippen molar-refractivity contribution in [2.45, 2.75) is 38.7 Å². The van der Waals surface area contributed by atoms with Crippen LogP contribution in [0, 0.1) is 0 Å². The van der Waals surface area contributed by atoms with E-state index in [1.54, 1.807) is 6.07 Å². The highest BCUT2D eigenvalue weighted by atomic mass is 19.4. The van der Waals surface area contributed by atoms with Gasteiger partial charge in [-0.25, -0.2) is 0 Å². The van der Waals surface area contributed by atoms with Crippen molar-refractivity contribution in [3.63, 3.8) is 0 Å². The van der Waals surface area contributed by atoms with Gasteiger partial charge in [0.05, 0.1) is 6.04 Å². The van der Waals surface area contributed by atoms with Crippen LogP contribution in [0.25, 0.3) is 0 Å². The number of halogens is 3. The van der Waals surface area contributed by atoms with Crippen LogP contribution in [0.4, 0.5) is 13.2 Å². The van der Waals surface area contributed by atoms with E-state index in [4.69, 9.17) is 5.73 Å². The van der Waals surface area contributed by atoms with Crippen LogP contribution in [0.1, 0.15) is 25.3 Å². The highest BCUT2D eigenvalue weighted by molar-refractivity contribution is 5.81. The molecule has 4 nitrogen and oxygen atoms in total. The second-order valence-corrected chi connectivity index (χ2v) is 4.27. The number of nitrogens with two attached hydrogens (primary N) is 1. The lowest BCUT2D eigenvalue weighted by Gasteiger charge is -2.15. The summed E-state index contributed by atoms with van der Waals surface area (Å²) < 4.78 is 40.5. The Kier molecular flexibility index (Phi) is 5.82. The average molecular weight is 290 g/mol. The summed E-state index contributed by atoms with van der Waals surface area (Å²) in [6.45, 7) is 1.82. The first-order valence-electron chi connectivity index (χ1n) is 6.20. The smallest absolute Gasteiger partial charge is 0.405 e. The Morgan fingerprint density at radius 2 is 2.05 bits per heavy atom. The molecule has 1 amide bonds. The summed E-state index contributed by atoms with van der Waals surface area (Å²) in [4.78, 5) is 11.6. The molecular weight excluding hydrogens is 273 g/mol. The van der Waals surface area contributed by atoms with Gasteiger partial charge in [0.1, 0.15) is 5.75 Å². The normalized spacial score (nSPS) is 12.8. The minimum absolute atomic E-state index is 0.0670. The number of nitrogens with one attached hydrogen (secondary N) is 1. The summed E-state index contributed by atoms with van der Waals surface area (Å²) in [6.07, 6.45) is -3.49. The van der Waals surface area contributed by atoms with Crippen LogP contribution in [0.5, 0.6) is 5.75 Å². The average Bonchev–Trinajstić information content (AvgIpc) is 2.35. The second-order valence-electron chi connectivity index (χ2n) is 4.27. The maximum Gasteiger partial charge on any atom is 0.573 e. The summed E-state index contributed by atoms with van der Waals surface area (Å²) >= 11 is 0. The Balaban J connectivity index is 2.66. The molecule has 0 heterocycles. The van der Waals surface area contributed by atoms with Crippen molar-refractivity contribution in [1.82, 2.24) is 5.32 Å². The van der Waals surface area contributed by atoms with Crippen LogP contribution in [0.2, 0.25) is 0 Å². The predicted molar refractivity (Wildman–Crippen MR) is 67.9 cm³/mol. The molecule has 3 N–H and O–H groups in total. The number of alkyl halides is 3. The van der Waals surface area contributed by atoms with Crippen molar-refractivity contribution in [1.29, 1.82) is 0 Å². The molecule has 0 aliphatic heterocycles. The maximum atomic E-state index is 12.2. The monoisotopic (exact) mass is 290 g/mol. The van der Waals surface area contributed by atoms with Gasteiger partial charge in [-0.1, -0.05) is 31.5 Å². The van der Waals surface area contributed by atoms with Crippen LogP contribution in [-0.2, 0) is 11.3 Å². The molecule has 0 saturated carbocycles. The lowest BCUT2D eigenvalue weighted by Crippen LogP contribution is -2.40. The zero-order chi connectivity index (χ0) is 15.2. The molecule has 0 spiro atoms. The van der Waals surface area contributed by atoms with Crippen molar-refractivity contribution in [3.05, 3.63) is 29.8 Å². The molecule has 112 valence electrons. The third kappa shape index (κ3) is 5.48. The fourth-order valence-corrected chi connectivity index (χ4v) is 1.63. The molecule has 1 unspecified atom stereocenters. The number of benzene rings is 1. The van der Waals surface area contributed by atoms with Crippen molar-refractivity contribution < 1.29 is 22.7 Å². The van der Waals surface area contributed by atoms with Gasteiger partial charge in [-0.15, -0.1) is 13.2 Å². The SMILES string of the molecule is CCCC(N)C(=O)NCc1ccccc1OC(F)(F)F. The van der Waals surface area contributed by atoms with E-state index in [1.807, 2.05) is 6.92 Å². The minimum Gasteiger partial charge on any atom is -0.405 e. The molecule has 1 aromatic rings. The van der Waals surface area contributed by atoms with Crippen molar-refractivity contribution in [3.8, 4) is 5.75 Å². The molecular formula is C13H17F3N2O2. The molecule has 0 aliphatic rings. The zero-order valence-electron chi connectivity index (χ0n) is 11.0. The van der Waals surface area contributed by atoms with Gasteiger partial charge >= 0.3 is 6.36 Å².